The van der Waals surface area contributed by atoms with Gasteiger partial charge in [-0.25, -0.2) is 0 Å². The van der Waals surface area contributed by atoms with E-state index in [-0.39, 0.29) is 12.4 Å². The van der Waals surface area contributed by atoms with Crippen molar-refractivity contribution in [1.29, 1.82) is 0 Å². The van der Waals surface area contributed by atoms with Gasteiger partial charge in [0.1, 0.15) is 6.61 Å². The lowest BCUT2D eigenvalue weighted by Gasteiger charge is -2.04. The van der Waals surface area contributed by atoms with Crippen molar-refractivity contribution in [3.63, 3.8) is 0 Å². The predicted octanol–water partition coefficient (Wildman–Crippen LogP) is 4.45. The molecule has 0 unspecified atom stereocenters. The van der Waals surface area contributed by atoms with Gasteiger partial charge in [-0.3, -0.25) is 4.79 Å². The molecule has 2 rings (SSSR count). The Labute approximate surface area is 119 Å². The highest BCUT2D eigenvalue weighted by atomic mass is 35.5. The first-order chi connectivity index (χ1) is 8.66. The highest BCUT2D eigenvalue weighted by molar-refractivity contribution is 7.09. The molecule has 0 fully saturated rings. The maximum atomic E-state index is 11.9. The maximum Gasteiger partial charge on any atom is 0.189 e. The smallest absolute Gasteiger partial charge is 0.189 e. The second-order valence-electron chi connectivity index (χ2n) is 3.62. The fourth-order valence-corrected chi connectivity index (χ4v) is 2.59. The number of halogens is 2. The normalized spacial score (nSPS) is 10.6. The number of thiophene rings is 1. The van der Waals surface area contributed by atoms with Crippen molar-refractivity contribution in [3.8, 4) is 0 Å². The monoisotopic (exact) mass is 300 g/mol. The molecule has 1 heterocycles. The van der Waals surface area contributed by atoms with Gasteiger partial charge in [0.2, 0.25) is 0 Å². The zero-order valence-electron chi connectivity index (χ0n) is 9.36. The van der Waals surface area contributed by atoms with Crippen molar-refractivity contribution in [2.75, 3.05) is 6.61 Å². The first-order valence-electron chi connectivity index (χ1n) is 5.25. The minimum absolute atomic E-state index is 0.0131. The molecule has 0 N–H and O–H groups in total. The van der Waals surface area contributed by atoms with Crippen LogP contribution in [-0.4, -0.2) is 12.4 Å². The Morgan fingerprint density at radius 1 is 1.28 bits per heavy atom. The minimum Gasteiger partial charge on any atom is -0.368 e. The largest absolute Gasteiger partial charge is 0.368 e. The Hall–Kier alpha value is -0.870. The van der Waals surface area contributed by atoms with Gasteiger partial charge in [-0.2, -0.15) is 0 Å². The quantitative estimate of drug-likeness (QED) is 0.762. The molecule has 1 aromatic carbocycles. The van der Waals surface area contributed by atoms with E-state index in [4.69, 9.17) is 27.9 Å². The molecule has 0 amide bonds. The molecule has 0 saturated carbocycles. The number of hydrogen-bond donors (Lipinski definition) is 0. The highest BCUT2D eigenvalue weighted by Crippen LogP contribution is 2.21. The molecule has 0 bridgehead atoms. The van der Waals surface area contributed by atoms with Gasteiger partial charge in [0.05, 0.1) is 11.6 Å². The molecule has 18 heavy (non-hydrogen) atoms. The lowest BCUT2D eigenvalue weighted by Crippen LogP contribution is -2.09. The summed E-state index contributed by atoms with van der Waals surface area (Å²) in [6, 6.07) is 8.71. The van der Waals surface area contributed by atoms with Crippen LogP contribution in [0, 0.1) is 0 Å². The topological polar surface area (TPSA) is 26.3 Å². The van der Waals surface area contributed by atoms with Crippen LogP contribution in [0.1, 0.15) is 15.2 Å². The number of Topliss-reactive ketones (excluding diaryl/α,β-unsaturated/α-hetero) is 1. The Bertz CT molecular complexity index is 538. The van der Waals surface area contributed by atoms with Gasteiger partial charge in [-0.05, 0) is 29.6 Å². The van der Waals surface area contributed by atoms with Crippen LogP contribution < -0.4 is 0 Å². The Morgan fingerprint density at radius 3 is 2.78 bits per heavy atom. The van der Waals surface area contributed by atoms with Crippen LogP contribution in [0.4, 0.5) is 0 Å². The van der Waals surface area contributed by atoms with Crippen molar-refractivity contribution >= 4 is 40.3 Å². The number of ketones is 1. The Morgan fingerprint density at radius 2 is 2.11 bits per heavy atom. The fourth-order valence-electron chi connectivity index (χ4n) is 1.43. The van der Waals surface area contributed by atoms with E-state index >= 15 is 0 Å². The molecule has 2 nitrogen and oxygen atoms in total. The lowest BCUT2D eigenvalue weighted by atomic mass is 10.1. The van der Waals surface area contributed by atoms with Gasteiger partial charge in [-0.15, -0.1) is 11.3 Å². The van der Waals surface area contributed by atoms with Crippen LogP contribution in [0.15, 0.2) is 35.7 Å². The number of ether oxygens (including phenoxy) is 1. The zero-order chi connectivity index (χ0) is 13.0. The summed E-state index contributed by atoms with van der Waals surface area (Å²) in [5.74, 6) is -0.145. The molecular weight excluding hydrogens is 291 g/mol. The zero-order valence-corrected chi connectivity index (χ0v) is 11.7. The van der Waals surface area contributed by atoms with Gasteiger partial charge in [0.15, 0.2) is 5.78 Å². The molecule has 1 aromatic heterocycles. The second kappa shape index (κ2) is 6.34. The van der Waals surface area contributed by atoms with Crippen LogP contribution in [0.5, 0.6) is 0 Å². The number of rotatable bonds is 5. The average Bonchev–Trinajstić information content (AvgIpc) is 2.81. The van der Waals surface area contributed by atoms with Gasteiger partial charge in [-0.1, -0.05) is 29.3 Å². The molecule has 94 valence electrons. The average molecular weight is 301 g/mol. The van der Waals surface area contributed by atoms with Crippen molar-refractivity contribution in [1.82, 2.24) is 0 Å². The van der Waals surface area contributed by atoms with E-state index in [2.05, 4.69) is 0 Å². The second-order valence-corrected chi connectivity index (χ2v) is 5.50. The third-order valence-corrected chi connectivity index (χ3v) is 3.69. The SMILES string of the molecule is O=C(COCc1cccs1)c1ccc(Cl)cc1Cl. The van der Waals surface area contributed by atoms with E-state index in [1.165, 1.54) is 0 Å². The molecule has 0 atom stereocenters. The van der Waals surface area contributed by atoms with E-state index in [0.29, 0.717) is 22.2 Å². The van der Waals surface area contributed by atoms with Gasteiger partial charge in [0.25, 0.3) is 0 Å². The first-order valence-corrected chi connectivity index (χ1v) is 6.89. The molecule has 0 saturated heterocycles. The van der Waals surface area contributed by atoms with Crippen LogP contribution >= 0.6 is 34.5 Å². The van der Waals surface area contributed by atoms with Gasteiger partial charge >= 0.3 is 0 Å². The standard InChI is InChI=1S/C13H10Cl2O2S/c14-9-3-4-11(12(15)6-9)13(16)8-17-7-10-2-1-5-18-10/h1-6H,7-8H2. The van der Waals surface area contributed by atoms with Gasteiger partial charge < -0.3 is 4.74 Å². The summed E-state index contributed by atoms with van der Waals surface area (Å²) < 4.78 is 5.35. The number of carbonyl (C=O) groups excluding carboxylic acids is 1. The van der Waals surface area contributed by atoms with Crippen molar-refractivity contribution < 1.29 is 9.53 Å². The summed E-state index contributed by atoms with van der Waals surface area (Å²) in [7, 11) is 0. The third-order valence-electron chi connectivity index (χ3n) is 2.29. The van der Waals surface area contributed by atoms with Crippen LogP contribution in [0.25, 0.3) is 0 Å². The molecule has 2 aromatic rings. The number of carbonyl (C=O) groups is 1. The summed E-state index contributed by atoms with van der Waals surface area (Å²) >= 11 is 13.3. The lowest BCUT2D eigenvalue weighted by molar-refractivity contribution is 0.0731. The van der Waals surface area contributed by atoms with Crippen LogP contribution in [-0.2, 0) is 11.3 Å². The van der Waals surface area contributed by atoms with E-state index in [1.807, 2.05) is 17.5 Å². The molecule has 0 aliphatic heterocycles. The van der Waals surface area contributed by atoms with E-state index in [1.54, 1.807) is 29.5 Å². The molecule has 0 aliphatic rings. The molecule has 0 spiro atoms. The minimum atomic E-state index is -0.145. The van der Waals surface area contributed by atoms with E-state index in [0.717, 1.165) is 4.88 Å². The molecule has 0 aliphatic carbocycles. The number of hydrogen-bond acceptors (Lipinski definition) is 3. The maximum absolute atomic E-state index is 11.9. The molecular formula is C13H10Cl2O2S. The molecule has 0 radical (unpaired) electrons. The van der Waals surface area contributed by atoms with Crippen LogP contribution in [0.2, 0.25) is 10.0 Å². The summed E-state index contributed by atoms with van der Waals surface area (Å²) in [5.41, 5.74) is 0.437. The van der Waals surface area contributed by atoms with Crippen LogP contribution in [0.3, 0.4) is 0 Å². The summed E-state index contributed by atoms with van der Waals surface area (Å²) in [6.45, 7) is 0.452. The third kappa shape index (κ3) is 3.56. The van der Waals surface area contributed by atoms with Crippen molar-refractivity contribution in [3.05, 3.63) is 56.2 Å². The first kappa shape index (κ1) is 13.6. The van der Waals surface area contributed by atoms with Crippen molar-refractivity contribution in [2.45, 2.75) is 6.61 Å². The predicted molar refractivity (Wildman–Crippen MR) is 74.8 cm³/mol. The number of benzene rings is 1. The summed E-state index contributed by atoms with van der Waals surface area (Å²) in [5, 5.41) is 2.83. The van der Waals surface area contributed by atoms with Crippen molar-refractivity contribution in [2.24, 2.45) is 0 Å². The van der Waals surface area contributed by atoms with E-state index < -0.39 is 0 Å². The summed E-state index contributed by atoms with van der Waals surface area (Å²) in [4.78, 5) is 12.9. The fraction of sp³-hybridized carbons (Fsp3) is 0.154. The Balaban J connectivity index is 1.91. The molecule has 5 heteroatoms. The highest BCUT2D eigenvalue weighted by Gasteiger charge is 2.11. The van der Waals surface area contributed by atoms with E-state index in [9.17, 15) is 4.79 Å². The summed E-state index contributed by atoms with van der Waals surface area (Å²) in [6.07, 6.45) is 0. The Kier molecular flexibility index (Phi) is 4.78. The van der Waals surface area contributed by atoms with Gasteiger partial charge in [0, 0.05) is 15.5 Å².